The Labute approximate surface area is 139 Å². The Balaban J connectivity index is 1.48. The minimum atomic E-state index is -0.181. The maximum Gasteiger partial charge on any atom is 0.315 e. The summed E-state index contributed by atoms with van der Waals surface area (Å²) in [7, 11) is 0. The molecule has 3 heterocycles. The van der Waals surface area contributed by atoms with E-state index >= 15 is 0 Å². The molecule has 0 radical (unpaired) electrons. The smallest absolute Gasteiger partial charge is 0.315 e. The summed E-state index contributed by atoms with van der Waals surface area (Å²) in [4.78, 5) is 16.5. The number of rotatable bonds is 6. The van der Waals surface area contributed by atoms with E-state index < -0.39 is 0 Å². The lowest BCUT2D eigenvalue weighted by Gasteiger charge is -2.22. The molecule has 0 saturated carbocycles. The Morgan fingerprint density at radius 3 is 3.17 bits per heavy atom. The zero-order chi connectivity index (χ0) is 16.1. The van der Waals surface area contributed by atoms with Gasteiger partial charge in [-0.15, -0.1) is 11.3 Å². The minimum Gasteiger partial charge on any atom is -0.462 e. The third-order valence-corrected chi connectivity index (χ3v) is 4.79. The highest BCUT2D eigenvalue weighted by molar-refractivity contribution is 7.13. The Morgan fingerprint density at radius 2 is 2.48 bits per heavy atom. The number of ether oxygens (including phenoxy) is 1. The number of amides is 2. The molecule has 1 aliphatic heterocycles. The number of hydrogen-bond donors (Lipinski definition) is 2. The van der Waals surface area contributed by atoms with E-state index in [-0.39, 0.29) is 18.2 Å². The molecular formula is C16H21N3O3S. The molecule has 7 heteroatoms. The summed E-state index contributed by atoms with van der Waals surface area (Å²) in [6.45, 7) is 3.24. The van der Waals surface area contributed by atoms with E-state index in [2.05, 4.69) is 22.5 Å². The molecule has 2 amide bonds. The Morgan fingerprint density at radius 1 is 1.57 bits per heavy atom. The van der Waals surface area contributed by atoms with Crippen LogP contribution in [0.5, 0.6) is 0 Å². The predicted octanol–water partition coefficient (Wildman–Crippen LogP) is 3.16. The highest BCUT2D eigenvalue weighted by atomic mass is 32.1. The number of carbonyl (C=O) groups excluding carboxylic acids is 1. The van der Waals surface area contributed by atoms with Crippen molar-refractivity contribution in [1.82, 2.24) is 15.6 Å². The second kappa shape index (κ2) is 7.61. The average molecular weight is 335 g/mol. The van der Waals surface area contributed by atoms with Crippen molar-refractivity contribution < 1.29 is 13.9 Å². The highest BCUT2D eigenvalue weighted by Crippen LogP contribution is 2.23. The van der Waals surface area contributed by atoms with Crippen LogP contribution in [0.3, 0.4) is 0 Å². The second-order valence-electron chi connectivity index (χ2n) is 5.51. The van der Waals surface area contributed by atoms with Gasteiger partial charge in [0.2, 0.25) is 0 Å². The number of thiazole rings is 1. The molecule has 1 aliphatic rings. The van der Waals surface area contributed by atoms with Crippen LogP contribution in [-0.2, 0) is 11.3 Å². The first-order valence-corrected chi connectivity index (χ1v) is 8.78. The van der Waals surface area contributed by atoms with Crippen LogP contribution in [0.1, 0.15) is 31.9 Å². The van der Waals surface area contributed by atoms with E-state index in [4.69, 9.17) is 9.15 Å². The lowest BCUT2D eigenvalue weighted by Crippen LogP contribution is -2.47. The molecule has 3 rings (SSSR count). The van der Waals surface area contributed by atoms with Crippen molar-refractivity contribution in [2.24, 2.45) is 0 Å². The number of carbonyl (C=O) groups is 1. The minimum absolute atomic E-state index is 0.0617. The van der Waals surface area contributed by atoms with Gasteiger partial charge in [0.15, 0.2) is 10.8 Å². The van der Waals surface area contributed by atoms with Crippen molar-refractivity contribution >= 4 is 17.4 Å². The molecule has 0 bridgehead atoms. The fraction of sp³-hybridized carbons (Fsp3) is 0.500. The largest absolute Gasteiger partial charge is 0.462 e. The lowest BCUT2D eigenvalue weighted by atomic mass is 10.1. The quantitative estimate of drug-likeness (QED) is 0.850. The molecule has 2 N–H and O–H groups in total. The summed E-state index contributed by atoms with van der Waals surface area (Å²) < 4.78 is 11.0. The van der Waals surface area contributed by atoms with Gasteiger partial charge in [0.05, 0.1) is 30.6 Å². The predicted molar refractivity (Wildman–Crippen MR) is 88.2 cm³/mol. The highest BCUT2D eigenvalue weighted by Gasteiger charge is 2.25. The molecule has 1 fully saturated rings. The van der Waals surface area contributed by atoms with Crippen LogP contribution in [0, 0.1) is 0 Å². The van der Waals surface area contributed by atoms with Gasteiger partial charge >= 0.3 is 6.03 Å². The van der Waals surface area contributed by atoms with Crippen molar-refractivity contribution in [1.29, 1.82) is 0 Å². The molecule has 124 valence electrons. The van der Waals surface area contributed by atoms with Gasteiger partial charge < -0.3 is 19.8 Å². The fourth-order valence-corrected chi connectivity index (χ4v) is 3.46. The Bertz CT molecular complexity index is 620. The SMILES string of the molecule is CC[C@@H](NC(=O)NCc1csc(-c2ccco2)n1)[C@H]1CCCO1. The molecule has 2 aromatic heterocycles. The van der Waals surface area contributed by atoms with E-state index in [1.54, 1.807) is 6.26 Å². The zero-order valence-electron chi connectivity index (χ0n) is 13.1. The van der Waals surface area contributed by atoms with Crippen LogP contribution in [0.2, 0.25) is 0 Å². The third kappa shape index (κ3) is 4.11. The number of aromatic nitrogens is 1. The number of nitrogens with one attached hydrogen (secondary N) is 2. The van der Waals surface area contributed by atoms with Gasteiger partial charge in [0, 0.05) is 12.0 Å². The van der Waals surface area contributed by atoms with Crippen LogP contribution >= 0.6 is 11.3 Å². The molecule has 1 saturated heterocycles. The van der Waals surface area contributed by atoms with Crippen LogP contribution < -0.4 is 10.6 Å². The first-order chi connectivity index (χ1) is 11.3. The molecule has 2 aromatic rings. The van der Waals surface area contributed by atoms with Gasteiger partial charge in [0.1, 0.15) is 0 Å². The maximum absolute atomic E-state index is 12.1. The zero-order valence-corrected chi connectivity index (χ0v) is 13.9. The van der Waals surface area contributed by atoms with Crippen LogP contribution in [0.15, 0.2) is 28.2 Å². The molecule has 6 nitrogen and oxygen atoms in total. The Hall–Kier alpha value is -1.86. The lowest BCUT2D eigenvalue weighted by molar-refractivity contribution is 0.0796. The van der Waals surface area contributed by atoms with E-state index in [1.807, 2.05) is 17.5 Å². The maximum atomic E-state index is 12.1. The third-order valence-electron chi connectivity index (χ3n) is 3.88. The number of urea groups is 1. The van der Waals surface area contributed by atoms with Crippen molar-refractivity contribution in [3.8, 4) is 10.8 Å². The molecular weight excluding hydrogens is 314 g/mol. The van der Waals surface area contributed by atoms with Gasteiger partial charge in [-0.05, 0) is 31.4 Å². The summed E-state index contributed by atoms with van der Waals surface area (Å²) in [5.74, 6) is 0.745. The summed E-state index contributed by atoms with van der Waals surface area (Å²) in [6, 6.07) is 3.58. The summed E-state index contributed by atoms with van der Waals surface area (Å²) in [5.41, 5.74) is 0.821. The summed E-state index contributed by atoms with van der Waals surface area (Å²) >= 11 is 1.50. The first kappa shape index (κ1) is 16.0. The molecule has 0 unspecified atom stereocenters. The second-order valence-corrected chi connectivity index (χ2v) is 6.37. The van der Waals surface area contributed by atoms with Gasteiger partial charge in [-0.3, -0.25) is 0 Å². The van der Waals surface area contributed by atoms with E-state index in [1.165, 1.54) is 11.3 Å². The fourth-order valence-electron chi connectivity index (χ4n) is 2.67. The average Bonchev–Trinajstić information content (AvgIpc) is 3.32. The van der Waals surface area contributed by atoms with Crippen LogP contribution in [0.4, 0.5) is 4.79 Å². The molecule has 2 atom stereocenters. The van der Waals surface area contributed by atoms with Crippen molar-refractivity contribution in [2.45, 2.75) is 44.9 Å². The van der Waals surface area contributed by atoms with E-state index in [9.17, 15) is 4.79 Å². The van der Waals surface area contributed by atoms with Crippen molar-refractivity contribution in [2.75, 3.05) is 6.61 Å². The Kier molecular flexibility index (Phi) is 5.30. The van der Waals surface area contributed by atoms with Crippen molar-refractivity contribution in [3.63, 3.8) is 0 Å². The molecule has 23 heavy (non-hydrogen) atoms. The normalized spacial score (nSPS) is 18.7. The number of hydrogen-bond acceptors (Lipinski definition) is 5. The van der Waals surface area contributed by atoms with Crippen molar-refractivity contribution in [3.05, 3.63) is 29.5 Å². The van der Waals surface area contributed by atoms with E-state index in [0.29, 0.717) is 6.54 Å². The number of furan rings is 1. The van der Waals surface area contributed by atoms with Gasteiger partial charge in [-0.25, -0.2) is 9.78 Å². The number of nitrogens with zero attached hydrogens (tertiary/aromatic N) is 1. The summed E-state index contributed by atoms with van der Waals surface area (Å²) in [5, 5.41) is 8.59. The van der Waals surface area contributed by atoms with Crippen LogP contribution in [-0.4, -0.2) is 29.8 Å². The monoisotopic (exact) mass is 335 g/mol. The van der Waals surface area contributed by atoms with Crippen LogP contribution in [0.25, 0.3) is 10.8 Å². The molecule has 0 aromatic carbocycles. The van der Waals surface area contributed by atoms with Gasteiger partial charge in [0.25, 0.3) is 0 Å². The van der Waals surface area contributed by atoms with Gasteiger partial charge in [-0.2, -0.15) is 0 Å². The van der Waals surface area contributed by atoms with E-state index in [0.717, 1.165) is 42.3 Å². The standard InChI is InChI=1S/C16H21N3O3S/c1-2-12(13-5-3-7-21-13)19-16(20)17-9-11-10-23-15(18-11)14-6-4-8-22-14/h4,6,8,10,12-13H,2-3,5,7,9H2,1H3,(H2,17,19,20)/t12-,13-/m1/s1. The first-order valence-electron chi connectivity index (χ1n) is 7.90. The molecule has 0 aliphatic carbocycles. The summed E-state index contributed by atoms with van der Waals surface area (Å²) in [6.07, 6.45) is 4.70. The topological polar surface area (TPSA) is 76.4 Å². The molecule has 0 spiro atoms. The van der Waals surface area contributed by atoms with Gasteiger partial charge in [-0.1, -0.05) is 6.92 Å².